The molecule has 3 fully saturated rings. The van der Waals surface area contributed by atoms with E-state index in [4.69, 9.17) is 28.9 Å². The molecule has 326 valence electrons. The van der Waals surface area contributed by atoms with Crippen molar-refractivity contribution < 1.29 is 38.1 Å². The molecule has 6 unspecified atom stereocenters. The zero-order chi connectivity index (χ0) is 43.2. The van der Waals surface area contributed by atoms with Gasteiger partial charge in [-0.15, -0.1) is 0 Å². The number of carbonyl (C=O) groups excluding carboxylic acids is 4. The van der Waals surface area contributed by atoms with E-state index in [1.165, 1.54) is 14.2 Å². The molecule has 61 heavy (non-hydrogen) atoms. The summed E-state index contributed by atoms with van der Waals surface area (Å²) >= 11 is 0. The van der Waals surface area contributed by atoms with Gasteiger partial charge in [-0.3, -0.25) is 9.59 Å². The number of hydrogen-bond acceptors (Lipinski definition) is 10. The lowest BCUT2D eigenvalue weighted by Gasteiger charge is -2.34. The number of ether oxygens (including phenoxy) is 4. The minimum absolute atomic E-state index is 0.00608. The molecule has 0 aliphatic carbocycles. The Kier molecular flexibility index (Phi) is 13.7. The molecule has 0 bridgehead atoms. The molecule has 4 aromatic rings. The van der Waals surface area contributed by atoms with Crippen LogP contribution in [0.5, 0.6) is 0 Å². The molecule has 4 N–H and O–H groups in total. The van der Waals surface area contributed by atoms with Crippen LogP contribution in [0.15, 0.2) is 60.9 Å². The number of benzene rings is 2. The first kappa shape index (κ1) is 43.4. The smallest absolute Gasteiger partial charge is 0.407 e. The number of alkyl carbamates (subject to hydrolysis) is 2. The fourth-order valence-corrected chi connectivity index (χ4v) is 9.05. The quantitative estimate of drug-likeness (QED) is 0.120. The van der Waals surface area contributed by atoms with E-state index in [1.807, 2.05) is 30.6 Å². The van der Waals surface area contributed by atoms with E-state index in [0.717, 1.165) is 46.5 Å². The molecule has 6 atom stereocenters. The van der Waals surface area contributed by atoms with Crippen molar-refractivity contribution in [2.24, 2.45) is 17.8 Å². The minimum Gasteiger partial charge on any atom is -0.453 e. The summed E-state index contributed by atoms with van der Waals surface area (Å²) in [5.41, 5.74) is 5.69. The van der Waals surface area contributed by atoms with Gasteiger partial charge in [0.1, 0.15) is 23.7 Å². The van der Waals surface area contributed by atoms with Gasteiger partial charge in [-0.2, -0.15) is 0 Å². The highest BCUT2D eigenvalue weighted by molar-refractivity contribution is 5.87. The van der Waals surface area contributed by atoms with Crippen molar-refractivity contribution in [3.8, 4) is 33.6 Å². The summed E-state index contributed by atoms with van der Waals surface area (Å²) in [4.78, 5) is 72.6. The SMILES string of the molecule is COCC1CC(c2ncc(-c3ccc(-c4ccc(-c5cnc(C6CCC(C)N6C(=O)C(NC(=O)OC)C(C)C)[nH]5)cc4)cc3)[nH]2)N(C(=O)C(NC(=O)OC)C2CCOCC2)C1. The number of hydrogen-bond donors (Lipinski definition) is 4. The second-order valence-corrected chi connectivity index (χ2v) is 16.7. The van der Waals surface area contributed by atoms with Crippen molar-refractivity contribution in [3.63, 3.8) is 0 Å². The van der Waals surface area contributed by atoms with Gasteiger partial charge in [-0.25, -0.2) is 19.6 Å². The first-order chi connectivity index (χ1) is 29.5. The van der Waals surface area contributed by atoms with E-state index >= 15 is 0 Å². The van der Waals surface area contributed by atoms with Crippen molar-refractivity contribution in [2.75, 3.05) is 47.7 Å². The molecule has 0 spiro atoms. The maximum absolute atomic E-state index is 14.3. The maximum Gasteiger partial charge on any atom is 0.407 e. The van der Waals surface area contributed by atoms with Crippen LogP contribution in [-0.2, 0) is 28.5 Å². The van der Waals surface area contributed by atoms with Gasteiger partial charge in [-0.05, 0) is 73.1 Å². The van der Waals surface area contributed by atoms with E-state index in [-0.39, 0.29) is 47.7 Å². The summed E-state index contributed by atoms with van der Waals surface area (Å²) in [7, 11) is 4.25. The zero-order valence-corrected chi connectivity index (χ0v) is 35.8. The molecule has 16 heteroatoms. The first-order valence-electron chi connectivity index (χ1n) is 21.2. The topological polar surface area (TPSA) is 193 Å². The largest absolute Gasteiger partial charge is 0.453 e. The highest BCUT2D eigenvalue weighted by Gasteiger charge is 2.44. The van der Waals surface area contributed by atoms with E-state index < -0.39 is 24.3 Å². The standard InChI is InChI=1S/C45H58N8O8/c1-26(2)38(50-44(56)59-5)43(55)53-27(3)7-16-36(53)40-46-22-34(48-40)31-12-8-29(9-13-31)30-10-14-32(15-11-30)35-23-47-41(49-35)37-21-28(25-58-4)24-52(37)42(54)39(51-45(57)60-6)33-17-19-61-20-18-33/h8-15,22-23,26-28,33,36-39H,7,16-21,24-25H2,1-6H3,(H,46,48)(H,47,49)(H,50,56)(H,51,57). The third-order valence-electron chi connectivity index (χ3n) is 12.4. The highest BCUT2D eigenvalue weighted by atomic mass is 16.5. The van der Waals surface area contributed by atoms with Gasteiger partial charge >= 0.3 is 12.2 Å². The fraction of sp³-hybridized carbons (Fsp3) is 0.511. The second-order valence-electron chi connectivity index (χ2n) is 16.7. The van der Waals surface area contributed by atoms with Crippen LogP contribution in [0.2, 0.25) is 0 Å². The lowest BCUT2D eigenvalue weighted by atomic mass is 9.90. The Labute approximate surface area is 356 Å². The molecule has 3 saturated heterocycles. The predicted molar refractivity (Wildman–Crippen MR) is 227 cm³/mol. The van der Waals surface area contributed by atoms with Gasteiger partial charge < -0.3 is 49.3 Å². The number of aromatic amines is 2. The second kappa shape index (κ2) is 19.3. The van der Waals surface area contributed by atoms with Crippen LogP contribution in [0, 0.1) is 17.8 Å². The molecular weight excluding hydrogens is 781 g/mol. The minimum atomic E-state index is -0.737. The lowest BCUT2D eigenvalue weighted by molar-refractivity contribution is -0.138. The number of carbonyl (C=O) groups is 4. The van der Waals surface area contributed by atoms with Crippen LogP contribution in [0.3, 0.4) is 0 Å². The Bertz CT molecular complexity index is 2130. The molecular formula is C45H58N8O8. The molecule has 7 rings (SSSR count). The van der Waals surface area contributed by atoms with Crippen molar-refractivity contribution in [1.82, 2.24) is 40.4 Å². The Balaban J connectivity index is 1.03. The molecule has 2 aromatic carbocycles. The number of nitrogens with zero attached hydrogens (tertiary/aromatic N) is 4. The zero-order valence-electron chi connectivity index (χ0n) is 35.8. The van der Waals surface area contributed by atoms with Crippen LogP contribution < -0.4 is 10.6 Å². The van der Waals surface area contributed by atoms with Gasteiger partial charge in [0, 0.05) is 38.8 Å². The van der Waals surface area contributed by atoms with Crippen molar-refractivity contribution >= 4 is 24.0 Å². The number of imidazole rings is 2. The number of aromatic nitrogens is 4. The molecule has 2 aromatic heterocycles. The Morgan fingerprint density at radius 1 is 0.754 bits per heavy atom. The first-order valence-corrected chi connectivity index (χ1v) is 21.2. The monoisotopic (exact) mass is 838 g/mol. The Morgan fingerprint density at radius 3 is 1.84 bits per heavy atom. The summed E-state index contributed by atoms with van der Waals surface area (Å²) in [6, 6.07) is 14.5. The van der Waals surface area contributed by atoms with Gasteiger partial charge in [0.25, 0.3) is 0 Å². The molecule has 3 aliphatic heterocycles. The molecule has 16 nitrogen and oxygen atoms in total. The third kappa shape index (κ3) is 9.60. The fourth-order valence-electron chi connectivity index (χ4n) is 9.05. The Hall–Kier alpha value is -5.74. The van der Waals surface area contributed by atoms with Gasteiger partial charge in [0.15, 0.2) is 0 Å². The van der Waals surface area contributed by atoms with Gasteiger partial charge in [0.05, 0.1) is 56.7 Å². The average Bonchev–Trinajstić information content (AvgIpc) is 4.11. The molecule has 5 heterocycles. The van der Waals surface area contributed by atoms with E-state index in [9.17, 15) is 19.2 Å². The van der Waals surface area contributed by atoms with Crippen LogP contribution in [0.25, 0.3) is 33.6 Å². The van der Waals surface area contributed by atoms with Crippen LogP contribution in [0.4, 0.5) is 9.59 Å². The molecule has 0 saturated carbocycles. The number of nitrogens with one attached hydrogen (secondary N) is 4. The van der Waals surface area contributed by atoms with Gasteiger partial charge in [-0.1, -0.05) is 62.4 Å². The summed E-state index contributed by atoms with van der Waals surface area (Å²) in [6.07, 6.45) is 5.94. The number of H-pyrrole nitrogens is 2. The van der Waals surface area contributed by atoms with Gasteiger partial charge in [0.2, 0.25) is 11.8 Å². The van der Waals surface area contributed by atoms with Crippen molar-refractivity contribution in [2.45, 2.75) is 83.1 Å². The lowest BCUT2D eigenvalue weighted by Crippen LogP contribution is -2.53. The predicted octanol–water partition coefficient (Wildman–Crippen LogP) is 6.25. The van der Waals surface area contributed by atoms with E-state index in [0.29, 0.717) is 57.3 Å². The summed E-state index contributed by atoms with van der Waals surface area (Å²) in [5.74, 6) is 1.01. The van der Waals surface area contributed by atoms with Crippen molar-refractivity contribution in [1.29, 1.82) is 0 Å². The van der Waals surface area contributed by atoms with Crippen LogP contribution in [0.1, 0.15) is 76.6 Å². The average molecular weight is 839 g/mol. The van der Waals surface area contributed by atoms with E-state index in [2.05, 4.69) is 69.1 Å². The Morgan fingerprint density at radius 2 is 1.30 bits per heavy atom. The number of likely N-dealkylation sites (tertiary alicyclic amines) is 2. The van der Waals surface area contributed by atoms with Crippen LogP contribution >= 0.6 is 0 Å². The highest BCUT2D eigenvalue weighted by Crippen LogP contribution is 2.39. The number of rotatable bonds is 13. The third-order valence-corrected chi connectivity index (χ3v) is 12.4. The van der Waals surface area contributed by atoms with Crippen molar-refractivity contribution in [3.05, 3.63) is 72.6 Å². The summed E-state index contributed by atoms with van der Waals surface area (Å²) in [5, 5.41) is 5.54. The molecule has 3 aliphatic rings. The van der Waals surface area contributed by atoms with E-state index in [1.54, 1.807) is 19.5 Å². The summed E-state index contributed by atoms with van der Waals surface area (Å²) in [6.45, 7) is 7.90. The normalized spacial score (nSPS) is 21.6. The number of methoxy groups -OCH3 is 3. The maximum atomic E-state index is 14.3. The molecule has 4 amide bonds. The molecule has 0 radical (unpaired) electrons. The number of amides is 4. The summed E-state index contributed by atoms with van der Waals surface area (Å²) < 4.78 is 20.7. The van der Waals surface area contributed by atoms with Crippen LogP contribution in [-0.4, -0.2) is 120 Å².